The molecule has 0 aliphatic carbocycles. The molecule has 3 rings (SSSR count). The Labute approximate surface area is 184 Å². The molecule has 1 aliphatic heterocycles. The van der Waals surface area contributed by atoms with E-state index in [2.05, 4.69) is 48.0 Å². The molecule has 0 bridgehead atoms. The number of hydrogen-bond donors (Lipinski definition) is 1. The number of hydrogen-bond acceptors (Lipinski definition) is 2. The summed E-state index contributed by atoms with van der Waals surface area (Å²) in [7, 11) is 1.65. The highest BCUT2D eigenvalue weighted by molar-refractivity contribution is 6.00. The number of carbonyl (C=O) groups is 1. The summed E-state index contributed by atoms with van der Waals surface area (Å²) in [4.78, 5) is 14.6. The number of nitrogens with one attached hydrogen (secondary N) is 1. The van der Waals surface area contributed by atoms with Gasteiger partial charge in [-0.25, -0.2) is 0 Å². The van der Waals surface area contributed by atoms with Crippen molar-refractivity contribution in [2.75, 3.05) is 25.0 Å². The van der Waals surface area contributed by atoms with Crippen molar-refractivity contribution in [3.05, 3.63) is 71.8 Å². The fraction of sp³-hybridized carbons (Fsp3) is 0.444. The van der Waals surface area contributed by atoms with Crippen LogP contribution in [0.3, 0.4) is 0 Å². The lowest BCUT2D eigenvalue weighted by atomic mass is 9.94. The van der Waals surface area contributed by atoms with Gasteiger partial charge in [-0.05, 0) is 53.7 Å². The lowest BCUT2D eigenvalue weighted by Gasteiger charge is -2.25. The minimum absolute atomic E-state index is 0.0862. The molecule has 1 fully saturated rings. The summed E-state index contributed by atoms with van der Waals surface area (Å²) < 4.78 is 0. The zero-order valence-electron chi connectivity index (χ0n) is 19.8. The van der Waals surface area contributed by atoms with Crippen molar-refractivity contribution in [1.29, 1.82) is 0 Å². The summed E-state index contributed by atoms with van der Waals surface area (Å²) in [6.07, 6.45) is 3.91. The molecule has 1 saturated heterocycles. The highest BCUT2D eigenvalue weighted by atomic mass is 16.1. The summed E-state index contributed by atoms with van der Waals surface area (Å²) in [5.74, 6) is 0.656. The molecule has 30 heavy (non-hydrogen) atoms. The van der Waals surface area contributed by atoms with E-state index in [-0.39, 0.29) is 5.91 Å². The second-order valence-corrected chi connectivity index (χ2v) is 7.20. The van der Waals surface area contributed by atoms with E-state index in [0.717, 1.165) is 35.7 Å². The highest BCUT2D eigenvalue weighted by Crippen LogP contribution is 2.28. The lowest BCUT2D eigenvalue weighted by molar-refractivity contribution is 0.0963. The van der Waals surface area contributed by atoms with Crippen molar-refractivity contribution in [3.8, 4) is 0 Å². The van der Waals surface area contributed by atoms with Crippen LogP contribution in [0.5, 0.6) is 0 Å². The molecule has 3 nitrogen and oxygen atoms in total. The predicted octanol–water partition coefficient (Wildman–Crippen LogP) is 6.79. The van der Waals surface area contributed by atoms with Gasteiger partial charge in [0.2, 0.25) is 0 Å². The molecule has 1 atom stereocenters. The van der Waals surface area contributed by atoms with Crippen LogP contribution in [0, 0.1) is 5.92 Å². The largest absolute Gasteiger partial charge is 0.371 e. The molecular weight excluding hydrogens is 368 g/mol. The van der Waals surface area contributed by atoms with Gasteiger partial charge in [-0.3, -0.25) is 4.79 Å². The van der Waals surface area contributed by atoms with Crippen LogP contribution >= 0.6 is 0 Å². The van der Waals surface area contributed by atoms with Crippen LogP contribution in [0.1, 0.15) is 75.4 Å². The summed E-state index contributed by atoms with van der Waals surface area (Å²) in [6, 6.07) is 16.2. The Kier molecular flexibility index (Phi) is 11.6. The smallest absolute Gasteiger partial charge is 0.251 e. The van der Waals surface area contributed by atoms with Crippen LogP contribution in [0.2, 0.25) is 0 Å². The van der Waals surface area contributed by atoms with Gasteiger partial charge >= 0.3 is 0 Å². The number of benzene rings is 2. The van der Waals surface area contributed by atoms with Gasteiger partial charge < -0.3 is 10.2 Å². The molecule has 1 aliphatic rings. The zero-order valence-corrected chi connectivity index (χ0v) is 19.8. The van der Waals surface area contributed by atoms with E-state index < -0.39 is 0 Å². The van der Waals surface area contributed by atoms with Crippen molar-refractivity contribution >= 4 is 17.2 Å². The summed E-state index contributed by atoms with van der Waals surface area (Å²) in [5.41, 5.74) is 4.73. The van der Waals surface area contributed by atoms with E-state index in [1.165, 1.54) is 24.9 Å². The molecule has 1 heterocycles. The Morgan fingerprint density at radius 2 is 1.57 bits per heavy atom. The number of carbonyl (C=O) groups excluding carboxylic acids is 1. The van der Waals surface area contributed by atoms with Crippen molar-refractivity contribution in [2.24, 2.45) is 5.92 Å². The molecule has 2 aromatic carbocycles. The Bertz CT molecular complexity index is 780. The van der Waals surface area contributed by atoms with E-state index in [0.29, 0.717) is 5.56 Å². The van der Waals surface area contributed by atoms with Gasteiger partial charge in [-0.2, -0.15) is 0 Å². The Hall–Kier alpha value is -2.55. The summed E-state index contributed by atoms with van der Waals surface area (Å²) in [5, 5.41) is 2.70. The zero-order chi connectivity index (χ0) is 22.5. The number of rotatable bonds is 4. The first-order valence-corrected chi connectivity index (χ1v) is 11.5. The minimum Gasteiger partial charge on any atom is -0.371 e. The van der Waals surface area contributed by atoms with Crippen molar-refractivity contribution < 1.29 is 4.79 Å². The third-order valence-corrected chi connectivity index (χ3v) is 5.21. The second kappa shape index (κ2) is 13.6. The first kappa shape index (κ1) is 25.5. The molecule has 3 heteroatoms. The van der Waals surface area contributed by atoms with E-state index >= 15 is 0 Å². The minimum atomic E-state index is -0.0862. The summed E-state index contributed by atoms with van der Waals surface area (Å²) >= 11 is 0. The average molecular weight is 409 g/mol. The highest BCUT2D eigenvalue weighted by Gasteiger charge is 2.16. The quantitative estimate of drug-likeness (QED) is 0.604. The molecule has 1 amide bonds. The molecule has 0 aromatic heterocycles. The van der Waals surface area contributed by atoms with Gasteiger partial charge in [0.25, 0.3) is 5.91 Å². The Morgan fingerprint density at radius 1 is 0.967 bits per heavy atom. The van der Waals surface area contributed by atoms with Crippen LogP contribution < -0.4 is 10.2 Å². The van der Waals surface area contributed by atoms with E-state index in [1.807, 2.05) is 52.0 Å². The van der Waals surface area contributed by atoms with Crippen molar-refractivity contribution in [3.63, 3.8) is 0 Å². The number of amides is 1. The standard InChI is InChI=1S/C23H28N2O.2C2H6/c1-17-8-6-7-15-25(16-17)20-13-11-19(12-14-20)18(2)21-9-4-5-10-22(21)23(26)24-3;2*1-2/h4-5,9-14,17H,2,6-8,15-16H2,1,3H3,(H,24,26);2*1-2H3. The van der Waals surface area contributed by atoms with Crippen molar-refractivity contribution in [1.82, 2.24) is 5.32 Å². The molecule has 0 radical (unpaired) electrons. The van der Waals surface area contributed by atoms with E-state index in [9.17, 15) is 4.79 Å². The predicted molar refractivity (Wildman–Crippen MR) is 132 cm³/mol. The normalized spacial score (nSPS) is 15.5. The first-order valence-electron chi connectivity index (χ1n) is 11.5. The fourth-order valence-corrected chi connectivity index (χ4v) is 3.70. The fourth-order valence-electron chi connectivity index (χ4n) is 3.70. The van der Waals surface area contributed by atoms with Gasteiger partial charge in [0.15, 0.2) is 0 Å². The third kappa shape index (κ3) is 6.76. The maximum absolute atomic E-state index is 12.1. The van der Waals surface area contributed by atoms with Gasteiger partial charge in [0, 0.05) is 31.4 Å². The monoisotopic (exact) mass is 408 g/mol. The number of anilines is 1. The summed E-state index contributed by atoms with van der Waals surface area (Å²) in [6.45, 7) is 16.8. The lowest BCUT2D eigenvalue weighted by Crippen LogP contribution is -2.27. The van der Waals surface area contributed by atoms with Crippen LogP contribution in [0.15, 0.2) is 55.1 Å². The van der Waals surface area contributed by atoms with Gasteiger partial charge in [-0.1, -0.05) is 78.0 Å². The Balaban J connectivity index is 0.00000106. The molecule has 2 aromatic rings. The molecule has 0 spiro atoms. The SMILES string of the molecule is C=C(c1ccc(N2CCCCC(C)C2)cc1)c1ccccc1C(=O)NC.CC.CC. The van der Waals surface area contributed by atoms with Crippen LogP contribution in [-0.2, 0) is 0 Å². The van der Waals surface area contributed by atoms with Crippen LogP contribution in [0.4, 0.5) is 5.69 Å². The number of nitrogens with zero attached hydrogens (tertiary/aromatic N) is 1. The van der Waals surface area contributed by atoms with Gasteiger partial charge in [0.1, 0.15) is 0 Å². The average Bonchev–Trinajstić information content (AvgIpc) is 3.05. The van der Waals surface area contributed by atoms with Gasteiger partial charge in [0.05, 0.1) is 0 Å². The van der Waals surface area contributed by atoms with E-state index in [1.54, 1.807) is 7.05 Å². The second-order valence-electron chi connectivity index (χ2n) is 7.20. The maximum Gasteiger partial charge on any atom is 0.251 e. The van der Waals surface area contributed by atoms with Gasteiger partial charge in [-0.15, -0.1) is 0 Å². The van der Waals surface area contributed by atoms with Crippen molar-refractivity contribution in [2.45, 2.75) is 53.9 Å². The van der Waals surface area contributed by atoms with Crippen LogP contribution in [0.25, 0.3) is 5.57 Å². The molecule has 1 N–H and O–H groups in total. The van der Waals surface area contributed by atoms with Crippen LogP contribution in [-0.4, -0.2) is 26.0 Å². The molecule has 1 unspecified atom stereocenters. The molecule has 164 valence electrons. The maximum atomic E-state index is 12.1. The van der Waals surface area contributed by atoms with E-state index in [4.69, 9.17) is 0 Å². The molecular formula is C27H40N2O. The first-order chi connectivity index (χ1) is 14.6. The Morgan fingerprint density at radius 3 is 2.17 bits per heavy atom. The topological polar surface area (TPSA) is 32.3 Å². The third-order valence-electron chi connectivity index (χ3n) is 5.21. The molecule has 0 saturated carbocycles.